The van der Waals surface area contributed by atoms with E-state index in [9.17, 15) is 18.0 Å². The predicted molar refractivity (Wildman–Crippen MR) is 98.3 cm³/mol. The van der Waals surface area contributed by atoms with Gasteiger partial charge in [-0.2, -0.15) is 0 Å². The number of nitrogens with two attached hydrogens (primary N) is 1. The molecular weight excluding hydrogens is 420 g/mol. The van der Waals surface area contributed by atoms with Crippen molar-refractivity contribution in [1.29, 1.82) is 0 Å². The second-order valence-corrected chi connectivity index (χ2v) is 7.17. The van der Waals surface area contributed by atoms with Gasteiger partial charge in [0, 0.05) is 17.8 Å². The molecule has 0 radical (unpaired) electrons. The minimum atomic E-state index is -3.03. The zero-order valence-electron chi connectivity index (χ0n) is 14.3. The van der Waals surface area contributed by atoms with E-state index in [1.54, 1.807) is 0 Å². The number of halogens is 5. The van der Waals surface area contributed by atoms with Gasteiger partial charge >= 0.3 is 0 Å². The van der Waals surface area contributed by atoms with Crippen molar-refractivity contribution in [2.75, 3.05) is 13.2 Å². The molecule has 2 heterocycles. The summed E-state index contributed by atoms with van der Waals surface area (Å²) >= 11 is 11.7. The number of hydrogen-bond donors (Lipinski definition) is 2. The largest absolute Gasteiger partial charge is 0.386 e. The molecule has 1 amide bonds. The van der Waals surface area contributed by atoms with Crippen LogP contribution in [0.3, 0.4) is 0 Å². The minimum absolute atomic E-state index is 0.0155. The number of hydrogen-bond acceptors (Lipinski definition) is 5. The number of nitrogens with one attached hydrogen (secondary N) is 1. The van der Waals surface area contributed by atoms with Gasteiger partial charge in [0.05, 0.1) is 16.7 Å². The molecule has 0 saturated carbocycles. The van der Waals surface area contributed by atoms with Crippen LogP contribution in [0.1, 0.15) is 16.9 Å². The molecule has 28 heavy (non-hydrogen) atoms. The van der Waals surface area contributed by atoms with Crippen molar-refractivity contribution in [3.8, 4) is 0 Å². The second-order valence-electron chi connectivity index (χ2n) is 6.33. The lowest BCUT2D eigenvalue weighted by atomic mass is 9.78. The fraction of sp³-hybridized carbons (Fsp3) is 0.353. The first-order valence-electron chi connectivity index (χ1n) is 8.11. The van der Waals surface area contributed by atoms with Gasteiger partial charge in [0.2, 0.25) is 0 Å². The maximum Gasteiger partial charge on any atom is 0.275 e. The number of amidine groups is 1. The number of aliphatic imine (C=N–C) groups is 1. The lowest BCUT2D eigenvalue weighted by molar-refractivity contribution is -0.0376. The monoisotopic (exact) mass is 434 g/mol. The Morgan fingerprint density at radius 3 is 2.79 bits per heavy atom. The van der Waals surface area contributed by atoms with E-state index in [-0.39, 0.29) is 40.3 Å². The summed E-state index contributed by atoms with van der Waals surface area (Å²) in [5, 5.41) is 2.77. The van der Waals surface area contributed by atoms with Crippen LogP contribution in [0.4, 0.5) is 13.2 Å². The Morgan fingerprint density at radius 1 is 1.39 bits per heavy atom. The Balaban J connectivity index is 1.84. The van der Waals surface area contributed by atoms with E-state index < -0.39 is 36.2 Å². The Hall–Kier alpha value is -2.10. The number of aromatic nitrogens is 1. The zero-order valence-corrected chi connectivity index (χ0v) is 15.8. The van der Waals surface area contributed by atoms with E-state index in [4.69, 9.17) is 33.7 Å². The number of rotatable bonds is 4. The molecule has 0 spiro atoms. The van der Waals surface area contributed by atoms with E-state index in [0.717, 1.165) is 6.08 Å². The number of amides is 1. The lowest BCUT2D eigenvalue weighted by Crippen LogP contribution is -2.53. The first kappa shape index (κ1) is 20.6. The molecule has 3 rings (SSSR count). The summed E-state index contributed by atoms with van der Waals surface area (Å²) in [5.41, 5.74) is 3.47. The van der Waals surface area contributed by atoms with Crippen LogP contribution in [0.15, 0.2) is 40.9 Å². The van der Waals surface area contributed by atoms with E-state index in [2.05, 4.69) is 15.3 Å². The van der Waals surface area contributed by atoms with Crippen molar-refractivity contribution in [2.24, 2.45) is 16.6 Å². The number of carbonyl (C=O) groups excluding carboxylic acids is 1. The summed E-state index contributed by atoms with van der Waals surface area (Å²) in [6.45, 7) is -0.601. The first-order chi connectivity index (χ1) is 13.2. The molecule has 6 nitrogen and oxygen atoms in total. The van der Waals surface area contributed by atoms with Gasteiger partial charge < -0.3 is 15.8 Å². The molecule has 3 N–H and O–H groups in total. The van der Waals surface area contributed by atoms with Gasteiger partial charge in [-0.3, -0.25) is 9.79 Å². The average molecular weight is 435 g/mol. The molecule has 1 unspecified atom stereocenters. The third-order valence-electron chi connectivity index (χ3n) is 4.41. The van der Waals surface area contributed by atoms with Crippen molar-refractivity contribution in [3.05, 3.63) is 51.7 Å². The predicted octanol–water partition coefficient (Wildman–Crippen LogP) is 3.27. The third kappa shape index (κ3) is 4.01. The maximum atomic E-state index is 14.5. The van der Waals surface area contributed by atoms with Gasteiger partial charge in [-0.25, -0.2) is 18.2 Å². The lowest BCUT2D eigenvalue weighted by Gasteiger charge is -2.39. The van der Waals surface area contributed by atoms with Gasteiger partial charge in [-0.1, -0.05) is 23.2 Å². The number of allylic oxidation sites excluding steroid dienone is 3. The molecule has 150 valence electrons. The highest BCUT2D eigenvalue weighted by molar-refractivity contribution is 6.36. The Morgan fingerprint density at radius 2 is 2.14 bits per heavy atom. The van der Waals surface area contributed by atoms with Crippen LogP contribution in [0, 0.1) is 5.92 Å². The van der Waals surface area contributed by atoms with Crippen LogP contribution in [-0.2, 0) is 4.74 Å². The SMILES string of the molecule is NC1=N[C@](C(F)F)(C2CC(NC(=O)c3ncc(Cl)cc3Cl)=CC=C2F)COC1. The Bertz CT molecular complexity index is 891. The van der Waals surface area contributed by atoms with Crippen LogP contribution in [-0.4, -0.2) is 41.9 Å². The second kappa shape index (κ2) is 8.10. The molecule has 0 saturated heterocycles. The van der Waals surface area contributed by atoms with Crippen LogP contribution >= 0.6 is 23.2 Å². The molecule has 2 atom stereocenters. The zero-order chi connectivity index (χ0) is 20.5. The summed E-state index contributed by atoms with van der Waals surface area (Å²) < 4.78 is 47.3. The molecule has 1 aromatic rings. The number of pyridine rings is 1. The molecule has 0 fully saturated rings. The molecule has 11 heteroatoms. The van der Waals surface area contributed by atoms with Crippen molar-refractivity contribution in [3.63, 3.8) is 0 Å². The van der Waals surface area contributed by atoms with Gasteiger partial charge in [-0.15, -0.1) is 0 Å². The summed E-state index contributed by atoms with van der Waals surface area (Å²) in [7, 11) is 0. The Kier molecular flexibility index (Phi) is 5.97. The van der Waals surface area contributed by atoms with E-state index in [1.807, 2.05) is 0 Å². The molecule has 2 aliphatic rings. The average Bonchev–Trinajstić information content (AvgIpc) is 2.62. The maximum absolute atomic E-state index is 14.5. The normalized spacial score (nSPS) is 25.1. The van der Waals surface area contributed by atoms with Crippen LogP contribution < -0.4 is 11.1 Å². The standard InChI is InChI=1S/C17H15Cl2F3N4O2/c18-8-3-11(19)14(24-5-8)15(27)25-9-1-2-12(20)10(4-9)17(16(21)22)7-28-6-13(23)26-17/h1-3,5,10,16H,4,6-7H2,(H2,23,26)(H,25,27)/t10?,17-/m0/s1. The minimum Gasteiger partial charge on any atom is -0.386 e. The quantitative estimate of drug-likeness (QED) is 0.760. The van der Waals surface area contributed by atoms with Crippen LogP contribution in [0.5, 0.6) is 0 Å². The number of ether oxygens (including phenoxy) is 1. The van der Waals surface area contributed by atoms with Crippen molar-refractivity contribution in [2.45, 2.75) is 18.4 Å². The molecular formula is C17H15Cl2F3N4O2. The molecule has 1 aliphatic heterocycles. The highest BCUT2D eigenvalue weighted by atomic mass is 35.5. The van der Waals surface area contributed by atoms with Gasteiger partial charge in [0.25, 0.3) is 12.3 Å². The fourth-order valence-electron chi connectivity index (χ4n) is 3.07. The topological polar surface area (TPSA) is 89.6 Å². The third-order valence-corrected chi connectivity index (χ3v) is 4.91. The van der Waals surface area contributed by atoms with E-state index in [1.165, 1.54) is 18.3 Å². The van der Waals surface area contributed by atoms with Gasteiger partial charge in [-0.05, 0) is 24.6 Å². The first-order valence-corrected chi connectivity index (χ1v) is 8.87. The highest BCUT2D eigenvalue weighted by Crippen LogP contribution is 2.42. The highest BCUT2D eigenvalue weighted by Gasteiger charge is 2.51. The fourth-order valence-corrected chi connectivity index (χ4v) is 3.54. The molecule has 0 bridgehead atoms. The van der Waals surface area contributed by atoms with Crippen molar-refractivity contribution < 1.29 is 22.7 Å². The molecule has 0 aromatic carbocycles. The summed E-state index contributed by atoms with van der Waals surface area (Å²) in [6.07, 6.45) is 0.249. The van der Waals surface area contributed by atoms with Crippen LogP contribution in [0.25, 0.3) is 0 Å². The summed E-state index contributed by atoms with van der Waals surface area (Å²) in [6, 6.07) is 1.34. The van der Waals surface area contributed by atoms with Gasteiger partial charge in [0.15, 0.2) is 5.54 Å². The smallest absolute Gasteiger partial charge is 0.275 e. The van der Waals surface area contributed by atoms with Crippen LogP contribution in [0.2, 0.25) is 10.0 Å². The van der Waals surface area contributed by atoms with Gasteiger partial charge in [0.1, 0.15) is 24.0 Å². The Labute approximate surface area is 168 Å². The van der Waals surface area contributed by atoms with E-state index in [0.29, 0.717) is 0 Å². The number of carbonyl (C=O) groups is 1. The summed E-state index contributed by atoms with van der Waals surface area (Å²) in [5.74, 6) is -2.99. The molecule has 1 aromatic heterocycles. The molecule has 1 aliphatic carbocycles. The summed E-state index contributed by atoms with van der Waals surface area (Å²) in [4.78, 5) is 20.1. The van der Waals surface area contributed by atoms with Crippen molar-refractivity contribution in [1.82, 2.24) is 10.3 Å². The van der Waals surface area contributed by atoms with Crippen molar-refractivity contribution >= 4 is 34.9 Å². The number of nitrogens with zero attached hydrogens (tertiary/aromatic N) is 2. The van der Waals surface area contributed by atoms with E-state index >= 15 is 0 Å². The number of alkyl halides is 2.